The lowest BCUT2D eigenvalue weighted by Gasteiger charge is -2.18. The number of aromatic hydroxyl groups is 1. The first-order valence-corrected chi connectivity index (χ1v) is 7.71. The summed E-state index contributed by atoms with van der Waals surface area (Å²) in [5, 5.41) is 10.8. The lowest BCUT2D eigenvalue weighted by atomic mass is 9.85. The van der Waals surface area contributed by atoms with E-state index in [0.717, 1.165) is 11.4 Å². The number of hydrogen-bond acceptors (Lipinski definition) is 4. The predicted molar refractivity (Wildman–Crippen MR) is 80.2 cm³/mol. The van der Waals surface area contributed by atoms with Gasteiger partial charge in [-0.15, -0.1) is 0 Å². The highest BCUT2D eigenvalue weighted by atomic mass is 35.5. The molecule has 0 aromatic heterocycles. The van der Waals surface area contributed by atoms with E-state index in [9.17, 15) is 19.5 Å². The number of nitrogens with zero attached hydrogens (tertiary/aromatic N) is 1. The van der Waals surface area contributed by atoms with Gasteiger partial charge in [0.15, 0.2) is 0 Å². The number of phenols is 1. The van der Waals surface area contributed by atoms with Crippen LogP contribution in [0, 0.1) is 23.7 Å². The minimum absolute atomic E-state index is 0.0722. The first kappa shape index (κ1) is 14.3. The normalized spacial score (nSPS) is 30.9. The second-order valence-corrected chi connectivity index (χ2v) is 6.55. The first-order valence-electron chi connectivity index (χ1n) is 7.33. The molecule has 1 saturated heterocycles. The fourth-order valence-corrected chi connectivity index (χ4v) is 4.04. The molecule has 3 amide bonds. The number of imide groups is 1. The lowest BCUT2D eigenvalue weighted by Crippen LogP contribution is -2.47. The average Bonchev–Trinajstić information content (AvgIpc) is 3.19. The van der Waals surface area contributed by atoms with Gasteiger partial charge in [-0.3, -0.25) is 19.8 Å². The Bertz CT molecular complexity index is 745. The Labute approximate surface area is 136 Å². The molecule has 1 aromatic carbocycles. The van der Waals surface area contributed by atoms with Crippen molar-refractivity contribution in [3.8, 4) is 5.75 Å². The number of rotatable bonds is 2. The largest absolute Gasteiger partial charge is 0.507 e. The van der Waals surface area contributed by atoms with E-state index in [1.54, 1.807) is 0 Å². The van der Waals surface area contributed by atoms with Crippen LogP contribution in [-0.4, -0.2) is 27.8 Å². The molecule has 7 heteroatoms. The summed E-state index contributed by atoms with van der Waals surface area (Å²) in [7, 11) is 0. The lowest BCUT2D eigenvalue weighted by molar-refractivity contribution is -0.143. The molecule has 4 unspecified atom stereocenters. The van der Waals surface area contributed by atoms with Gasteiger partial charge < -0.3 is 5.11 Å². The molecule has 2 N–H and O–H groups in total. The van der Waals surface area contributed by atoms with Gasteiger partial charge in [0.2, 0.25) is 0 Å². The van der Waals surface area contributed by atoms with Gasteiger partial charge in [0.1, 0.15) is 5.75 Å². The Hall–Kier alpha value is -2.34. The molecule has 2 bridgehead atoms. The summed E-state index contributed by atoms with van der Waals surface area (Å²) in [6.45, 7) is 0. The Morgan fingerprint density at radius 1 is 1.17 bits per heavy atom. The van der Waals surface area contributed by atoms with Gasteiger partial charge in [-0.25, -0.2) is 0 Å². The van der Waals surface area contributed by atoms with Gasteiger partial charge in [-0.1, -0.05) is 23.8 Å². The van der Waals surface area contributed by atoms with Crippen molar-refractivity contribution in [2.24, 2.45) is 23.7 Å². The minimum atomic E-state index is -0.744. The number of carbonyl (C=O) groups is 3. The number of carbonyl (C=O) groups excluding carboxylic acids is 3. The molecule has 6 nitrogen and oxygen atoms in total. The van der Waals surface area contributed by atoms with Crippen molar-refractivity contribution >= 4 is 29.3 Å². The van der Waals surface area contributed by atoms with Crippen LogP contribution in [-0.2, 0) is 9.59 Å². The Kier molecular flexibility index (Phi) is 2.99. The Balaban J connectivity index is 1.58. The molecule has 0 spiro atoms. The molecule has 2 fully saturated rings. The van der Waals surface area contributed by atoms with E-state index in [-0.39, 0.29) is 51.8 Å². The highest BCUT2D eigenvalue weighted by molar-refractivity contribution is 6.31. The second-order valence-electron chi connectivity index (χ2n) is 6.11. The highest BCUT2D eigenvalue weighted by Gasteiger charge is 2.59. The molecule has 4 rings (SSSR count). The monoisotopic (exact) mass is 332 g/mol. The fourth-order valence-electron chi connectivity index (χ4n) is 3.86. The SMILES string of the molecule is O=C(NN1C(=O)C2C3C=CC(C3)C2C1=O)c1cc(Cl)ccc1O. The first-order chi connectivity index (χ1) is 11.0. The van der Waals surface area contributed by atoms with Gasteiger partial charge in [0.05, 0.1) is 17.4 Å². The number of fused-ring (bicyclic) bond motifs is 5. The van der Waals surface area contributed by atoms with Crippen molar-refractivity contribution in [3.05, 3.63) is 40.9 Å². The molecule has 2 aliphatic carbocycles. The van der Waals surface area contributed by atoms with E-state index in [1.165, 1.54) is 18.2 Å². The van der Waals surface area contributed by atoms with Gasteiger partial charge in [-0.05, 0) is 36.5 Å². The molecule has 0 radical (unpaired) electrons. The number of halogens is 1. The quantitative estimate of drug-likeness (QED) is 0.634. The number of phenolic OH excluding ortho intramolecular Hbond substituents is 1. The van der Waals surface area contributed by atoms with Crippen LogP contribution >= 0.6 is 11.6 Å². The summed E-state index contributed by atoms with van der Waals surface area (Å²) in [5.41, 5.74) is 2.22. The third-order valence-corrected chi connectivity index (χ3v) is 5.12. The summed E-state index contributed by atoms with van der Waals surface area (Å²) < 4.78 is 0. The maximum Gasteiger partial charge on any atom is 0.274 e. The minimum Gasteiger partial charge on any atom is -0.507 e. The molecular weight excluding hydrogens is 320 g/mol. The molecule has 3 aliphatic rings. The van der Waals surface area contributed by atoms with Crippen LogP contribution in [0.25, 0.3) is 0 Å². The number of hydrazine groups is 1. The zero-order valence-electron chi connectivity index (χ0n) is 11.9. The topological polar surface area (TPSA) is 86.7 Å². The molecule has 1 aliphatic heterocycles. The molecule has 4 atom stereocenters. The maximum absolute atomic E-state index is 12.5. The molecular formula is C16H13ClN2O4. The van der Waals surface area contributed by atoms with Crippen molar-refractivity contribution in [1.82, 2.24) is 10.4 Å². The summed E-state index contributed by atoms with van der Waals surface area (Å²) >= 11 is 5.81. The van der Waals surface area contributed by atoms with E-state index >= 15 is 0 Å². The maximum atomic E-state index is 12.5. The van der Waals surface area contributed by atoms with E-state index in [4.69, 9.17) is 11.6 Å². The van der Waals surface area contributed by atoms with Crippen molar-refractivity contribution in [1.29, 1.82) is 0 Å². The fraction of sp³-hybridized carbons (Fsp3) is 0.312. The number of hydrogen-bond donors (Lipinski definition) is 2. The molecule has 118 valence electrons. The summed E-state index contributed by atoms with van der Waals surface area (Å²) in [6, 6.07) is 4.00. The third-order valence-electron chi connectivity index (χ3n) is 4.89. The summed E-state index contributed by atoms with van der Waals surface area (Å²) in [6.07, 6.45) is 4.78. The van der Waals surface area contributed by atoms with Crippen molar-refractivity contribution in [2.45, 2.75) is 6.42 Å². The van der Waals surface area contributed by atoms with Crippen molar-refractivity contribution < 1.29 is 19.5 Å². The van der Waals surface area contributed by atoms with Crippen LogP contribution in [0.1, 0.15) is 16.8 Å². The van der Waals surface area contributed by atoms with Gasteiger partial charge >= 0.3 is 0 Å². The van der Waals surface area contributed by atoms with Crippen LogP contribution in [0.3, 0.4) is 0 Å². The van der Waals surface area contributed by atoms with Crippen LogP contribution < -0.4 is 5.43 Å². The number of benzene rings is 1. The van der Waals surface area contributed by atoms with Crippen molar-refractivity contribution in [3.63, 3.8) is 0 Å². The van der Waals surface area contributed by atoms with E-state index in [0.29, 0.717) is 0 Å². The number of amides is 3. The van der Waals surface area contributed by atoms with Crippen LogP contribution in [0.4, 0.5) is 0 Å². The second kappa shape index (κ2) is 4.83. The molecule has 1 aromatic rings. The van der Waals surface area contributed by atoms with Crippen LogP contribution in [0.2, 0.25) is 5.02 Å². The molecule has 1 heterocycles. The predicted octanol–water partition coefficient (Wildman–Crippen LogP) is 1.50. The molecule has 23 heavy (non-hydrogen) atoms. The van der Waals surface area contributed by atoms with Gasteiger partial charge in [0, 0.05) is 5.02 Å². The van der Waals surface area contributed by atoms with Crippen LogP contribution in [0.15, 0.2) is 30.4 Å². The van der Waals surface area contributed by atoms with Gasteiger partial charge in [-0.2, -0.15) is 5.01 Å². The summed E-state index contributed by atoms with van der Waals surface area (Å²) in [5.74, 6) is -2.40. The standard InChI is InChI=1S/C16H13ClN2O4/c17-9-3-4-11(20)10(6-9)14(21)18-19-15(22)12-7-1-2-8(5-7)13(12)16(19)23/h1-4,6-8,12-13,20H,5H2,(H,18,21). The van der Waals surface area contributed by atoms with E-state index in [1.807, 2.05) is 12.2 Å². The number of allylic oxidation sites excluding steroid dienone is 2. The summed E-state index contributed by atoms with van der Waals surface area (Å²) in [4.78, 5) is 37.2. The Morgan fingerprint density at radius 2 is 1.78 bits per heavy atom. The Morgan fingerprint density at radius 3 is 2.39 bits per heavy atom. The zero-order valence-corrected chi connectivity index (χ0v) is 12.7. The highest BCUT2D eigenvalue weighted by Crippen LogP contribution is 2.52. The van der Waals surface area contributed by atoms with Crippen molar-refractivity contribution in [2.75, 3.05) is 0 Å². The van der Waals surface area contributed by atoms with E-state index < -0.39 is 5.91 Å². The van der Waals surface area contributed by atoms with Gasteiger partial charge in [0.25, 0.3) is 17.7 Å². The molecule has 1 saturated carbocycles. The van der Waals surface area contributed by atoms with Crippen LogP contribution in [0.5, 0.6) is 5.75 Å². The number of nitrogens with one attached hydrogen (secondary N) is 1. The smallest absolute Gasteiger partial charge is 0.274 e. The zero-order chi connectivity index (χ0) is 16.3. The van der Waals surface area contributed by atoms with E-state index in [2.05, 4.69) is 5.43 Å². The average molecular weight is 333 g/mol. The third kappa shape index (κ3) is 1.98.